The molecule has 18 heavy (non-hydrogen) atoms. The fourth-order valence-electron chi connectivity index (χ4n) is 2.08. The van der Waals surface area contributed by atoms with Crippen LogP contribution in [0.1, 0.15) is 26.0 Å². The van der Waals surface area contributed by atoms with Crippen LogP contribution in [-0.4, -0.2) is 33.7 Å². The van der Waals surface area contributed by atoms with Gasteiger partial charge in [0, 0.05) is 19.2 Å². The molecule has 1 aromatic rings. The van der Waals surface area contributed by atoms with Gasteiger partial charge in [0.25, 0.3) is 0 Å². The lowest BCUT2D eigenvalue weighted by molar-refractivity contribution is -0.253. The van der Waals surface area contributed by atoms with Crippen LogP contribution < -0.4 is 11.4 Å². The number of nitrogens with two attached hydrogens (primary N) is 1. The lowest BCUT2D eigenvalue weighted by atomic mass is 10.2. The summed E-state index contributed by atoms with van der Waals surface area (Å²) < 4.78 is 12.4. The molecule has 0 saturated carbocycles. The van der Waals surface area contributed by atoms with Crippen molar-refractivity contribution < 1.29 is 14.6 Å². The molecule has 2 atom stereocenters. The second-order valence-electron chi connectivity index (χ2n) is 4.16. The van der Waals surface area contributed by atoms with Gasteiger partial charge >= 0.3 is 5.69 Å². The van der Waals surface area contributed by atoms with E-state index >= 15 is 0 Å². The van der Waals surface area contributed by atoms with E-state index in [9.17, 15) is 9.90 Å². The Morgan fingerprint density at radius 2 is 2.56 bits per heavy atom. The molecule has 1 fully saturated rings. The first-order valence-electron chi connectivity index (χ1n) is 5.87. The number of anilines is 1. The monoisotopic (exact) mass is 255 g/mol. The Balaban J connectivity index is 2.19. The van der Waals surface area contributed by atoms with E-state index < -0.39 is 17.7 Å². The van der Waals surface area contributed by atoms with Crippen molar-refractivity contribution in [3.8, 4) is 0 Å². The highest BCUT2D eigenvalue weighted by Gasteiger charge is 2.41. The first kappa shape index (κ1) is 13.0. The van der Waals surface area contributed by atoms with Gasteiger partial charge in [0.2, 0.25) is 0 Å². The third-order valence-electron chi connectivity index (χ3n) is 2.93. The molecule has 7 heteroatoms. The number of nitrogen functional groups attached to an aromatic ring is 1. The van der Waals surface area contributed by atoms with Gasteiger partial charge in [-0.05, 0) is 19.4 Å². The molecule has 0 aromatic carbocycles. The topological polar surface area (TPSA) is 99.6 Å². The van der Waals surface area contributed by atoms with Crippen LogP contribution >= 0.6 is 0 Å². The quantitative estimate of drug-likeness (QED) is 0.776. The van der Waals surface area contributed by atoms with Crippen molar-refractivity contribution in [3.05, 3.63) is 22.7 Å². The van der Waals surface area contributed by atoms with Crippen LogP contribution in [0.3, 0.4) is 0 Å². The highest BCUT2D eigenvalue weighted by molar-refractivity contribution is 5.23. The van der Waals surface area contributed by atoms with E-state index in [-0.39, 0.29) is 12.4 Å². The Morgan fingerprint density at radius 1 is 1.78 bits per heavy atom. The zero-order valence-corrected chi connectivity index (χ0v) is 10.2. The zero-order valence-electron chi connectivity index (χ0n) is 10.2. The van der Waals surface area contributed by atoms with Crippen molar-refractivity contribution in [1.29, 1.82) is 0 Å². The van der Waals surface area contributed by atoms with E-state index in [1.165, 1.54) is 16.8 Å². The van der Waals surface area contributed by atoms with Crippen molar-refractivity contribution in [3.63, 3.8) is 0 Å². The number of ether oxygens (including phenoxy) is 2. The summed E-state index contributed by atoms with van der Waals surface area (Å²) in [6.45, 7) is 2.02. The standard InChI is InChI=1S/C11H17N3O4/c1-2-17-11(7-15)5-3-9(18-11)14-6-4-8(12)13-10(14)16/h4,6,9,15H,2-3,5,7H2,1H3,(H2,12,13,16)/t9-,11+/m1/s1. The molecule has 1 aliphatic heterocycles. The van der Waals surface area contributed by atoms with E-state index in [1.807, 2.05) is 6.92 Å². The largest absolute Gasteiger partial charge is 0.391 e. The second-order valence-corrected chi connectivity index (χ2v) is 4.16. The molecule has 0 bridgehead atoms. The van der Waals surface area contributed by atoms with E-state index in [0.717, 1.165) is 0 Å². The highest BCUT2D eigenvalue weighted by atomic mass is 16.7. The lowest BCUT2D eigenvalue weighted by Crippen LogP contribution is -2.37. The molecule has 7 nitrogen and oxygen atoms in total. The maximum absolute atomic E-state index is 11.7. The van der Waals surface area contributed by atoms with Gasteiger partial charge in [-0.3, -0.25) is 4.57 Å². The fraction of sp³-hybridized carbons (Fsp3) is 0.636. The summed E-state index contributed by atoms with van der Waals surface area (Å²) in [6, 6.07) is 1.53. The Bertz CT molecular complexity index is 476. The molecule has 1 saturated heterocycles. The minimum absolute atomic E-state index is 0.174. The van der Waals surface area contributed by atoms with Crippen LogP contribution in [0.25, 0.3) is 0 Å². The van der Waals surface area contributed by atoms with E-state index in [0.29, 0.717) is 19.4 Å². The Labute approximate surface area is 104 Å². The summed E-state index contributed by atoms with van der Waals surface area (Å²) in [5.74, 6) is -0.840. The summed E-state index contributed by atoms with van der Waals surface area (Å²) in [5.41, 5.74) is 4.96. The van der Waals surface area contributed by atoms with Crippen LogP contribution in [0.5, 0.6) is 0 Å². The minimum Gasteiger partial charge on any atom is -0.391 e. The molecule has 2 rings (SSSR count). The Morgan fingerprint density at radius 3 is 3.17 bits per heavy atom. The molecule has 0 spiro atoms. The minimum atomic E-state index is -1.01. The molecular weight excluding hydrogens is 238 g/mol. The molecule has 0 unspecified atom stereocenters. The molecule has 100 valence electrons. The predicted octanol–water partition coefficient (Wildman–Crippen LogP) is -0.140. The van der Waals surface area contributed by atoms with E-state index in [1.54, 1.807) is 0 Å². The summed E-state index contributed by atoms with van der Waals surface area (Å²) in [4.78, 5) is 15.3. The average Bonchev–Trinajstić information content (AvgIpc) is 2.74. The zero-order chi connectivity index (χ0) is 13.2. The van der Waals surface area contributed by atoms with Gasteiger partial charge in [-0.25, -0.2) is 4.79 Å². The number of hydrogen-bond donors (Lipinski definition) is 2. The second kappa shape index (κ2) is 5.05. The van der Waals surface area contributed by atoms with Gasteiger partial charge < -0.3 is 20.3 Å². The summed E-state index contributed by atoms with van der Waals surface area (Å²) in [6.07, 6.45) is 2.16. The van der Waals surface area contributed by atoms with Crippen molar-refractivity contribution in [2.45, 2.75) is 31.8 Å². The molecule has 3 N–H and O–H groups in total. The molecule has 0 aliphatic carbocycles. The number of rotatable bonds is 4. The average molecular weight is 255 g/mol. The van der Waals surface area contributed by atoms with Crippen molar-refractivity contribution in [2.24, 2.45) is 0 Å². The molecule has 1 aromatic heterocycles. The molecule has 0 amide bonds. The van der Waals surface area contributed by atoms with Gasteiger partial charge in [0.05, 0.1) is 6.61 Å². The number of aliphatic hydroxyl groups is 1. The van der Waals surface area contributed by atoms with Crippen molar-refractivity contribution in [2.75, 3.05) is 18.9 Å². The Kier molecular flexibility index (Phi) is 3.65. The first-order valence-corrected chi connectivity index (χ1v) is 5.87. The van der Waals surface area contributed by atoms with Crippen LogP contribution in [0.2, 0.25) is 0 Å². The van der Waals surface area contributed by atoms with Gasteiger partial charge in [-0.15, -0.1) is 0 Å². The predicted molar refractivity (Wildman–Crippen MR) is 63.7 cm³/mol. The molecule has 2 heterocycles. The van der Waals surface area contributed by atoms with Crippen LogP contribution in [0.15, 0.2) is 17.1 Å². The van der Waals surface area contributed by atoms with Crippen LogP contribution in [0, 0.1) is 0 Å². The first-order chi connectivity index (χ1) is 8.60. The number of nitrogens with zero attached hydrogens (tertiary/aromatic N) is 2. The summed E-state index contributed by atoms with van der Waals surface area (Å²) >= 11 is 0. The fourth-order valence-corrected chi connectivity index (χ4v) is 2.08. The van der Waals surface area contributed by atoms with Gasteiger partial charge in [0.15, 0.2) is 5.79 Å². The SMILES string of the molecule is CCO[C@@]1(CO)CC[C@H](n2ccc(N)nc2=O)O1. The van der Waals surface area contributed by atoms with E-state index in [2.05, 4.69) is 4.98 Å². The van der Waals surface area contributed by atoms with E-state index in [4.69, 9.17) is 15.2 Å². The third-order valence-corrected chi connectivity index (χ3v) is 2.93. The number of hydrogen-bond acceptors (Lipinski definition) is 6. The van der Waals surface area contributed by atoms with Crippen molar-refractivity contribution >= 4 is 5.82 Å². The Hall–Kier alpha value is -1.44. The van der Waals surface area contributed by atoms with Gasteiger partial charge in [0.1, 0.15) is 12.0 Å². The smallest absolute Gasteiger partial charge is 0.351 e. The maximum atomic E-state index is 11.7. The molecule has 1 aliphatic rings. The molecule has 0 radical (unpaired) electrons. The van der Waals surface area contributed by atoms with Gasteiger partial charge in [-0.1, -0.05) is 0 Å². The highest BCUT2D eigenvalue weighted by Crippen LogP contribution is 2.36. The molecular formula is C11H17N3O4. The summed E-state index contributed by atoms with van der Waals surface area (Å²) in [5, 5.41) is 9.35. The number of aliphatic hydroxyl groups excluding tert-OH is 1. The van der Waals surface area contributed by atoms with Gasteiger partial charge in [-0.2, -0.15) is 4.98 Å². The summed E-state index contributed by atoms with van der Waals surface area (Å²) in [7, 11) is 0. The lowest BCUT2D eigenvalue weighted by Gasteiger charge is -2.27. The maximum Gasteiger partial charge on any atom is 0.351 e. The van der Waals surface area contributed by atoms with Crippen molar-refractivity contribution in [1.82, 2.24) is 9.55 Å². The normalized spacial score (nSPS) is 27.6. The van der Waals surface area contributed by atoms with Crippen LogP contribution in [-0.2, 0) is 9.47 Å². The number of aromatic nitrogens is 2. The third kappa shape index (κ3) is 2.38. The van der Waals surface area contributed by atoms with Crippen LogP contribution in [0.4, 0.5) is 5.82 Å².